The van der Waals surface area contributed by atoms with Gasteiger partial charge in [-0.15, -0.1) is 0 Å². The molecule has 1 aliphatic rings. The van der Waals surface area contributed by atoms with Gasteiger partial charge in [0.2, 0.25) is 0 Å². The first-order valence-electron chi connectivity index (χ1n) is 5.31. The van der Waals surface area contributed by atoms with E-state index < -0.39 is 6.10 Å². The van der Waals surface area contributed by atoms with Crippen LogP contribution in [0.3, 0.4) is 0 Å². The summed E-state index contributed by atoms with van der Waals surface area (Å²) in [6, 6.07) is 3.54. The van der Waals surface area contributed by atoms with Crippen LogP contribution >= 0.6 is 0 Å². The molecule has 1 unspecified atom stereocenters. The summed E-state index contributed by atoms with van der Waals surface area (Å²) in [6.07, 6.45) is 3.08. The van der Waals surface area contributed by atoms with Gasteiger partial charge in [-0.2, -0.15) is 0 Å². The van der Waals surface area contributed by atoms with Gasteiger partial charge >= 0.3 is 0 Å². The summed E-state index contributed by atoms with van der Waals surface area (Å²) in [5.74, 6) is 0.603. The highest BCUT2D eigenvalue weighted by molar-refractivity contribution is 5.01. The van der Waals surface area contributed by atoms with Gasteiger partial charge in [0, 0.05) is 6.42 Å². The number of aliphatic hydroxyl groups excluding tert-OH is 1. The summed E-state index contributed by atoms with van der Waals surface area (Å²) in [5.41, 5.74) is 0. The molecule has 15 heavy (non-hydrogen) atoms. The lowest BCUT2D eigenvalue weighted by molar-refractivity contribution is -0.184. The lowest BCUT2D eigenvalue weighted by atomic mass is 10.1. The molecule has 1 aliphatic heterocycles. The predicted molar refractivity (Wildman–Crippen MR) is 53.2 cm³/mol. The molecule has 2 heterocycles. The van der Waals surface area contributed by atoms with Crippen LogP contribution in [0.4, 0.5) is 0 Å². The number of aliphatic hydroxyl groups is 1. The Hall–Kier alpha value is -0.840. The van der Waals surface area contributed by atoms with Crippen LogP contribution in [0.1, 0.15) is 31.1 Å². The molecule has 0 amide bonds. The maximum atomic E-state index is 9.74. The SMILES string of the molecule is OC(CCC1OCCCO1)c1ccco1. The summed E-state index contributed by atoms with van der Waals surface area (Å²) >= 11 is 0. The number of furan rings is 1. The van der Waals surface area contributed by atoms with Crippen LogP contribution in [-0.2, 0) is 9.47 Å². The number of rotatable bonds is 4. The lowest BCUT2D eigenvalue weighted by Gasteiger charge is -2.23. The zero-order valence-electron chi connectivity index (χ0n) is 8.59. The van der Waals surface area contributed by atoms with Gasteiger partial charge in [-0.05, 0) is 25.0 Å². The largest absolute Gasteiger partial charge is 0.467 e. The fourth-order valence-corrected chi connectivity index (χ4v) is 1.62. The van der Waals surface area contributed by atoms with Gasteiger partial charge in [0.25, 0.3) is 0 Å². The number of hydrogen-bond donors (Lipinski definition) is 1. The maximum absolute atomic E-state index is 9.74. The molecule has 4 nitrogen and oxygen atoms in total. The van der Waals surface area contributed by atoms with E-state index in [-0.39, 0.29) is 6.29 Å². The molecule has 0 radical (unpaired) electrons. The molecule has 1 fully saturated rings. The third-order valence-corrected chi connectivity index (χ3v) is 2.44. The maximum Gasteiger partial charge on any atom is 0.157 e. The zero-order chi connectivity index (χ0) is 10.5. The minimum atomic E-state index is -0.561. The van der Waals surface area contributed by atoms with Crippen molar-refractivity contribution in [3.63, 3.8) is 0 Å². The van der Waals surface area contributed by atoms with Crippen LogP contribution in [0.25, 0.3) is 0 Å². The second-order valence-electron chi connectivity index (χ2n) is 3.63. The normalized spacial score (nSPS) is 20.3. The number of ether oxygens (including phenoxy) is 2. The van der Waals surface area contributed by atoms with Gasteiger partial charge in [0.05, 0.1) is 19.5 Å². The van der Waals surface area contributed by atoms with E-state index in [4.69, 9.17) is 13.9 Å². The quantitative estimate of drug-likeness (QED) is 0.827. The van der Waals surface area contributed by atoms with Crippen molar-refractivity contribution in [3.05, 3.63) is 24.2 Å². The Kier molecular flexibility index (Phi) is 3.77. The van der Waals surface area contributed by atoms with Crippen molar-refractivity contribution >= 4 is 0 Å². The van der Waals surface area contributed by atoms with E-state index in [1.165, 1.54) is 0 Å². The fourth-order valence-electron chi connectivity index (χ4n) is 1.62. The van der Waals surface area contributed by atoms with E-state index in [1.54, 1.807) is 18.4 Å². The molecule has 1 aromatic heterocycles. The second kappa shape index (κ2) is 5.30. The van der Waals surface area contributed by atoms with Crippen LogP contribution in [-0.4, -0.2) is 24.6 Å². The fraction of sp³-hybridized carbons (Fsp3) is 0.636. The molecule has 4 heteroatoms. The Labute approximate surface area is 88.8 Å². The van der Waals surface area contributed by atoms with Gasteiger partial charge in [-0.3, -0.25) is 0 Å². The van der Waals surface area contributed by atoms with Crippen molar-refractivity contribution in [2.75, 3.05) is 13.2 Å². The van der Waals surface area contributed by atoms with E-state index in [9.17, 15) is 5.11 Å². The third-order valence-electron chi connectivity index (χ3n) is 2.44. The molecular weight excluding hydrogens is 196 g/mol. The second-order valence-corrected chi connectivity index (χ2v) is 3.63. The van der Waals surface area contributed by atoms with Gasteiger partial charge < -0.3 is 19.0 Å². The molecule has 84 valence electrons. The van der Waals surface area contributed by atoms with Crippen molar-refractivity contribution in [1.82, 2.24) is 0 Å². The average Bonchev–Trinajstić information content (AvgIpc) is 2.81. The minimum Gasteiger partial charge on any atom is -0.467 e. The smallest absolute Gasteiger partial charge is 0.157 e. The molecule has 1 N–H and O–H groups in total. The van der Waals surface area contributed by atoms with Crippen molar-refractivity contribution in [2.45, 2.75) is 31.7 Å². The summed E-state index contributed by atoms with van der Waals surface area (Å²) in [7, 11) is 0. The van der Waals surface area contributed by atoms with E-state index in [2.05, 4.69) is 0 Å². The highest BCUT2D eigenvalue weighted by Crippen LogP contribution is 2.21. The molecule has 0 aliphatic carbocycles. The van der Waals surface area contributed by atoms with Crippen molar-refractivity contribution in [2.24, 2.45) is 0 Å². The Morgan fingerprint density at radius 3 is 2.87 bits per heavy atom. The Morgan fingerprint density at radius 2 is 2.20 bits per heavy atom. The molecule has 0 bridgehead atoms. The van der Waals surface area contributed by atoms with Crippen molar-refractivity contribution < 1.29 is 19.0 Å². The molecule has 1 atom stereocenters. The van der Waals surface area contributed by atoms with Crippen LogP contribution in [0, 0.1) is 0 Å². The molecule has 2 rings (SSSR count). The van der Waals surface area contributed by atoms with E-state index in [0.717, 1.165) is 19.6 Å². The molecule has 0 spiro atoms. The summed E-state index contributed by atoms with van der Waals surface area (Å²) in [4.78, 5) is 0. The van der Waals surface area contributed by atoms with Crippen molar-refractivity contribution in [3.8, 4) is 0 Å². The Morgan fingerprint density at radius 1 is 1.40 bits per heavy atom. The number of hydrogen-bond acceptors (Lipinski definition) is 4. The lowest BCUT2D eigenvalue weighted by Crippen LogP contribution is -2.25. The Bertz CT molecular complexity index is 264. The zero-order valence-corrected chi connectivity index (χ0v) is 8.59. The predicted octanol–water partition coefficient (Wildman–Crippen LogP) is 1.86. The van der Waals surface area contributed by atoms with Gasteiger partial charge in [0.1, 0.15) is 11.9 Å². The van der Waals surface area contributed by atoms with E-state index in [1.807, 2.05) is 0 Å². The molecule has 0 aromatic carbocycles. The van der Waals surface area contributed by atoms with E-state index in [0.29, 0.717) is 18.6 Å². The van der Waals surface area contributed by atoms with Crippen LogP contribution in [0.2, 0.25) is 0 Å². The molecular formula is C11H16O4. The highest BCUT2D eigenvalue weighted by Gasteiger charge is 2.17. The van der Waals surface area contributed by atoms with Gasteiger partial charge in [-0.25, -0.2) is 0 Å². The topological polar surface area (TPSA) is 51.8 Å². The monoisotopic (exact) mass is 212 g/mol. The molecule has 0 saturated carbocycles. The van der Waals surface area contributed by atoms with Crippen LogP contribution in [0.5, 0.6) is 0 Å². The summed E-state index contributed by atoms with van der Waals surface area (Å²) in [6.45, 7) is 1.50. The van der Waals surface area contributed by atoms with E-state index >= 15 is 0 Å². The first kappa shape index (κ1) is 10.7. The third kappa shape index (κ3) is 3.06. The molecule has 1 saturated heterocycles. The van der Waals surface area contributed by atoms with Crippen molar-refractivity contribution in [1.29, 1.82) is 0 Å². The molecule has 1 aromatic rings. The average molecular weight is 212 g/mol. The minimum absolute atomic E-state index is 0.164. The van der Waals surface area contributed by atoms with Gasteiger partial charge in [-0.1, -0.05) is 0 Å². The van der Waals surface area contributed by atoms with Gasteiger partial charge in [0.15, 0.2) is 6.29 Å². The summed E-state index contributed by atoms with van der Waals surface area (Å²) in [5, 5.41) is 9.74. The first-order chi connectivity index (χ1) is 7.36. The highest BCUT2D eigenvalue weighted by atomic mass is 16.7. The van der Waals surface area contributed by atoms with Crippen LogP contribution in [0.15, 0.2) is 22.8 Å². The Balaban J connectivity index is 1.73. The first-order valence-corrected chi connectivity index (χ1v) is 5.31. The summed E-state index contributed by atoms with van der Waals surface area (Å²) < 4.78 is 15.9. The standard InChI is InChI=1S/C11H16O4/c12-9(10-3-1-6-13-10)4-5-11-14-7-2-8-15-11/h1,3,6,9,11-12H,2,4-5,7-8H2. The van der Waals surface area contributed by atoms with Crippen LogP contribution < -0.4 is 0 Å².